The van der Waals surface area contributed by atoms with Crippen LogP contribution in [-0.2, 0) is 11.2 Å². The van der Waals surface area contributed by atoms with E-state index in [1.807, 2.05) is 18.3 Å². The van der Waals surface area contributed by atoms with E-state index in [1.165, 1.54) is 0 Å². The molecule has 1 aromatic rings. The van der Waals surface area contributed by atoms with Crippen molar-refractivity contribution in [3.63, 3.8) is 0 Å². The summed E-state index contributed by atoms with van der Waals surface area (Å²) in [5.74, 6) is 1.40. The molecule has 1 fully saturated rings. The molecule has 1 atom stereocenters. The van der Waals surface area contributed by atoms with Gasteiger partial charge >= 0.3 is 0 Å². The van der Waals surface area contributed by atoms with E-state index in [4.69, 9.17) is 16.3 Å². The zero-order valence-electron chi connectivity index (χ0n) is 15.0. The van der Waals surface area contributed by atoms with Crippen molar-refractivity contribution >= 4 is 41.5 Å². The molecular formula is C17H29ClIN5O. The molecule has 1 aromatic heterocycles. The monoisotopic (exact) mass is 481 g/mol. The third kappa shape index (κ3) is 9.03. The first-order chi connectivity index (χ1) is 11.7. The SMILES string of the molecule is CN=C(NCCc1ccc(Cl)nc1)NCC(C)CN1CCOCC1.I. The molecule has 0 aliphatic carbocycles. The maximum atomic E-state index is 5.79. The molecule has 2 heterocycles. The molecule has 0 saturated carbocycles. The Morgan fingerprint density at radius 2 is 2.12 bits per heavy atom. The molecule has 1 aliphatic rings. The lowest BCUT2D eigenvalue weighted by Gasteiger charge is -2.29. The van der Waals surface area contributed by atoms with Crippen LogP contribution in [0.3, 0.4) is 0 Å². The van der Waals surface area contributed by atoms with Crippen molar-refractivity contribution in [2.45, 2.75) is 13.3 Å². The fraction of sp³-hybridized carbons (Fsp3) is 0.647. The lowest BCUT2D eigenvalue weighted by atomic mass is 10.1. The van der Waals surface area contributed by atoms with E-state index in [0.717, 1.165) is 63.9 Å². The van der Waals surface area contributed by atoms with Gasteiger partial charge in [0, 0.05) is 46.0 Å². The topological polar surface area (TPSA) is 61.8 Å². The fourth-order valence-electron chi connectivity index (χ4n) is 2.66. The third-order valence-electron chi connectivity index (χ3n) is 4.01. The smallest absolute Gasteiger partial charge is 0.190 e. The highest BCUT2D eigenvalue weighted by atomic mass is 127. The zero-order valence-corrected chi connectivity index (χ0v) is 18.1. The van der Waals surface area contributed by atoms with Crippen molar-refractivity contribution in [3.8, 4) is 0 Å². The Hall–Kier alpha value is -0.640. The van der Waals surface area contributed by atoms with Crippen molar-refractivity contribution in [2.24, 2.45) is 10.9 Å². The molecule has 0 aromatic carbocycles. The second-order valence-corrected chi connectivity index (χ2v) is 6.52. The quantitative estimate of drug-likeness (QED) is 0.270. The summed E-state index contributed by atoms with van der Waals surface area (Å²) in [5.41, 5.74) is 1.16. The molecule has 1 aliphatic heterocycles. The van der Waals surface area contributed by atoms with Crippen LogP contribution in [0.4, 0.5) is 0 Å². The standard InChI is InChI=1S/C17H28ClN5O.HI/c1-14(13-23-7-9-24-10-8-23)11-22-17(19-2)20-6-5-15-3-4-16(18)21-12-15;/h3-4,12,14H,5-11,13H2,1-2H3,(H2,19,20,22);1H. The van der Waals surface area contributed by atoms with Gasteiger partial charge in [0.15, 0.2) is 5.96 Å². The van der Waals surface area contributed by atoms with Crippen molar-refractivity contribution in [1.82, 2.24) is 20.5 Å². The first kappa shape index (κ1) is 22.4. The first-order valence-electron chi connectivity index (χ1n) is 8.52. The number of nitrogens with one attached hydrogen (secondary N) is 2. The highest BCUT2D eigenvalue weighted by Crippen LogP contribution is 2.05. The van der Waals surface area contributed by atoms with E-state index in [2.05, 4.69) is 32.4 Å². The fourth-order valence-corrected chi connectivity index (χ4v) is 2.77. The van der Waals surface area contributed by atoms with E-state index >= 15 is 0 Å². The van der Waals surface area contributed by atoms with Crippen molar-refractivity contribution in [2.75, 3.05) is 53.0 Å². The molecule has 1 saturated heterocycles. The Labute approximate surface area is 172 Å². The third-order valence-corrected chi connectivity index (χ3v) is 4.23. The van der Waals surface area contributed by atoms with Crippen LogP contribution < -0.4 is 10.6 Å². The van der Waals surface area contributed by atoms with Crippen LogP contribution >= 0.6 is 35.6 Å². The summed E-state index contributed by atoms with van der Waals surface area (Å²) >= 11 is 5.79. The van der Waals surface area contributed by atoms with Crippen LogP contribution in [0.5, 0.6) is 0 Å². The largest absolute Gasteiger partial charge is 0.379 e. The van der Waals surface area contributed by atoms with Crippen LogP contribution in [0.25, 0.3) is 0 Å². The molecule has 0 radical (unpaired) electrons. The molecule has 1 unspecified atom stereocenters. The van der Waals surface area contributed by atoms with Crippen molar-refractivity contribution in [1.29, 1.82) is 0 Å². The van der Waals surface area contributed by atoms with Gasteiger partial charge in [-0.05, 0) is 24.0 Å². The van der Waals surface area contributed by atoms with Gasteiger partial charge in [0.2, 0.25) is 0 Å². The summed E-state index contributed by atoms with van der Waals surface area (Å²) in [7, 11) is 1.80. The van der Waals surface area contributed by atoms with Crippen molar-refractivity contribution in [3.05, 3.63) is 29.0 Å². The zero-order chi connectivity index (χ0) is 17.2. The molecule has 0 amide bonds. The second-order valence-electron chi connectivity index (χ2n) is 6.14. The number of rotatable bonds is 7. The molecule has 0 spiro atoms. The normalized spacial score (nSPS) is 16.8. The number of pyridine rings is 1. The summed E-state index contributed by atoms with van der Waals surface area (Å²) in [6, 6.07) is 3.81. The van der Waals surface area contributed by atoms with Gasteiger partial charge in [-0.1, -0.05) is 24.6 Å². The minimum absolute atomic E-state index is 0. The predicted molar refractivity (Wildman–Crippen MR) is 114 cm³/mol. The number of aliphatic imine (C=N–C) groups is 1. The van der Waals surface area contributed by atoms with Gasteiger partial charge in [-0.3, -0.25) is 9.89 Å². The number of aromatic nitrogens is 1. The van der Waals surface area contributed by atoms with Gasteiger partial charge in [-0.15, -0.1) is 24.0 Å². The summed E-state index contributed by atoms with van der Waals surface area (Å²) < 4.78 is 5.39. The minimum atomic E-state index is 0. The molecule has 6 nitrogen and oxygen atoms in total. The van der Waals surface area contributed by atoms with Crippen LogP contribution in [0, 0.1) is 5.92 Å². The molecule has 8 heteroatoms. The Balaban J connectivity index is 0.00000312. The number of morpholine rings is 1. The number of halogens is 2. The predicted octanol–water partition coefficient (Wildman–Crippen LogP) is 2.03. The highest BCUT2D eigenvalue weighted by Gasteiger charge is 2.13. The molecule has 2 N–H and O–H groups in total. The van der Waals surface area contributed by atoms with Gasteiger partial charge < -0.3 is 15.4 Å². The second kappa shape index (κ2) is 12.7. The van der Waals surface area contributed by atoms with Gasteiger partial charge in [0.1, 0.15) is 5.15 Å². The molecule has 142 valence electrons. The number of guanidine groups is 1. The number of ether oxygens (including phenoxy) is 1. The Morgan fingerprint density at radius 1 is 1.36 bits per heavy atom. The van der Waals surface area contributed by atoms with Gasteiger partial charge in [-0.25, -0.2) is 4.98 Å². The Bertz CT molecular complexity index is 508. The maximum absolute atomic E-state index is 5.79. The van der Waals surface area contributed by atoms with Crippen molar-refractivity contribution < 1.29 is 4.74 Å². The molecule has 0 bridgehead atoms. The Kier molecular flexibility index (Phi) is 11.4. The number of hydrogen-bond donors (Lipinski definition) is 2. The maximum Gasteiger partial charge on any atom is 0.190 e. The first-order valence-corrected chi connectivity index (χ1v) is 8.90. The lowest BCUT2D eigenvalue weighted by Crippen LogP contribution is -2.44. The average molecular weight is 482 g/mol. The van der Waals surface area contributed by atoms with Gasteiger partial charge in [0.05, 0.1) is 13.2 Å². The summed E-state index contributed by atoms with van der Waals surface area (Å²) in [4.78, 5) is 10.8. The minimum Gasteiger partial charge on any atom is -0.379 e. The van der Waals surface area contributed by atoms with Gasteiger partial charge in [0.25, 0.3) is 0 Å². The summed E-state index contributed by atoms with van der Waals surface area (Å²) in [5, 5.41) is 7.26. The average Bonchev–Trinajstić information content (AvgIpc) is 2.60. The molecule has 2 rings (SSSR count). The van der Waals surface area contributed by atoms with E-state index in [1.54, 1.807) is 7.05 Å². The number of hydrogen-bond acceptors (Lipinski definition) is 4. The van der Waals surface area contributed by atoms with E-state index < -0.39 is 0 Å². The summed E-state index contributed by atoms with van der Waals surface area (Å²) in [6.45, 7) is 8.82. The number of nitrogens with zero attached hydrogens (tertiary/aromatic N) is 3. The highest BCUT2D eigenvalue weighted by molar-refractivity contribution is 14.0. The van der Waals surface area contributed by atoms with Crippen LogP contribution in [0.2, 0.25) is 5.15 Å². The van der Waals surface area contributed by atoms with E-state index in [0.29, 0.717) is 11.1 Å². The van der Waals surface area contributed by atoms with Gasteiger partial charge in [-0.2, -0.15) is 0 Å². The van der Waals surface area contributed by atoms with E-state index in [-0.39, 0.29) is 24.0 Å². The Morgan fingerprint density at radius 3 is 2.76 bits per heavy atom. The summed E-state index contributed by atoms with van der Waals surface area (Å²) in [6.07, 6.45) is 2.69. The lowest BCUT2D eigenvalue weighted by molar-refractivity contribution is 0.0320. The van der Waals surface area contributed by atoms with Crippen LogP contribution in [0.1, 0.15) is 12.5 Å². The van der Waals surface area contributed by atoms with Crippen LogP contribution in [0.15, 0.2) is 23.3 Å². The van der Waals surface area contributed by atoms with E-state index in [9.17, 15) is 0 Å². The molecule has 25 heavy (non-hydrogen) atoms. The molecular weight excluding hydrogens is 453 g/mol. The van der Waals surface area contributed by atoms with Crippen LogP contribution in [-0.4, -0.2) is 68.8 Å².